The lowest BCUT2D eigenvalue weighted by atomic mass is 9.80. The molecule has 27 heavy (non-hydrogen) atoms. The van der Waals surface area contributed by atoms with Crippen LogP contribution in [0.15, 0.2) is 42.5 Å². The summed E-state index contributed by atoms with van der Waals surface area (Å²) in [6, 6.07) is 8.37. The molecule has 3 aliphatic heterocycles. The molecular weight excluding hydrogens is 352 g/mol. The number of aliphatic hydroxyl groups excluding tert-OH is 1. The Morgan fingerprint density at radius 2 is 1.89 bits per heavy atom. The van der Waals surface area contributed by atoms with Crippen LogP contribution in [0.4, 0.5) is 0 Å². The lowest BCUT2D eigenvalue weighted by molar-refractivity contribution is -0.346. The van der Waals surface area contributed by atoms with Crippen molar-refractivity contribution in [2.45, 2.75) is 29.9 Å². The number of hydrogen-bond acceptors (Lipinski definition) is 7. The molecule has 2 aromatic rings. The van der Waals surface area contributed by atoms with Gasteiger partial charge < -0.3 is 24.4 Å². The van der Waals surface area contributed by atoms with Gasteiger partial charge in [0.25, 0.3) is 11.6 Å². The monoisotopic (exact) mass is 364 g/mol. The molecule has 1 saturated heterocycles. The van der Waals surface area contributed by atoms with E-state index < -0.39 is 29.9 Å². The maximum Gasteiger partial charge on any atom is 0.275 e. The van der Waals surface area contributed by atoms with Gasteiger partial charge in [-0.2, -0.15) is 0 Å². The van der Waals surface area contributed by atoms with Crippen molar-refractivity contribution >= 4 is 5.78 Å². The Morgan fingerprint density at radius 1 is 1.04 bits per heavy atom. The van der Waals surface area contributed by atoms with Gasteiger partial charge in [0.05, 0.1) is 22.8 Å². The third kappa shape index (κ3) is 1.39. The van der Waals surface area contributed by atoms with Gasteiger partial charge in [-0.05, 0) is 35.9 Å². The van der Waals surface area contributed by atoms with Crippen LogP contribution in [0.1, 0.15) is 33.2 Å². The molecule has 0 amide bonds. The zero-order valence-electron chi connectivity index (χ0n) is 13.7. The molecule has 2 bridgehead atoms. The predicted octanol–water partition coefficient (Wildman–Crippen LogP) is 1.77. The third-order valence-electron chi connectivity index (χ3n) is 5.91. The van der Waals surface area contributed by atoms with E-state index in [1.54, 1.807) is 36.4 Å². The van der Waals surface area contributed by atoms with Crippen LogP contribution in [0.2, 0.25) is 0 Å². The molecule has 0 saturated carbocycles. The number of rotatable bonds is 0. The first-order valence-corrected chi connectivity index (χ1v) is 8.69. The minimum Gasteiger partial charge on any atom is -0.507 e. The standard InChI is InChI=1S/C20H12O7/c21-9-6-7-19-14-8(9)2-1-3-11(14)26-20(27-19)15-12(25-19)5-4-10(22)13(15)16(23)17-18(20)24-17/h1-7,9,17-18,21-22H. The fraction of sp³-hybridized carbons (Fsp3) is 0.250. The number of phenolic OH excluding ortho intramolecular Hbond substituents is 1. The van der Waals surface area contributed by atoms with Crippen LogP contribution >= 0.6 is 0 Å². The SMILES string of the molecule is O=C1c2c(O)ccc3c2C2(Oc4cccc5c4C(C=CC5O)(O3)O2)C2OC12. The number of carbonyl (C=O) groups is 1. The summed E-state index contributed by atoms with van der Waals surface area (Å²) >= 11 is 0. The van der Waals surface area contributed by atoms with Crippen molar-refractivity contribution in [3.05, 3.63) is 64.7 Å². The number of benzene rings is 2. The first-order chi connectivity index (χ1) is 13.0. The zero-order chi connectivity index (χ0) is 18.1. The van der Waals surface area contributed by atoms with E-state index in [1.807, 2.05) is 0 Å². The van der Waals surface area contributed by atoms with Crippen LogP contribution < -0.4 is 9.47 Å². The summed E-state index contributed by atoms with van der Waals surface area (Å²) in [6.07, 6.45) is 1.12. The van der Waals surface area contributed by atoms with Crippen molar-refractivity contribution in [2.24, 2.45) is 0 Å². The van der Waals surface area contributed by atoms with Crippen molar-refractivity contribution in [1.82, 2.24) is 0 Å². The van der Waals surface area contributed by atoms with Crippen LogP contribution in [0.3, 0.4) is 0 Å². The van der Waals surface area contributed by atoms with Gasteiger partial charge in [-0.25, -0.2) is 0 Å². The van der Waals surface area contributed by atoms with E-state index in [0.717, 1.165) is 0 Å². The molecule has 134 valence electrons. The van der Waals surface area contributed by atoms with Crippen LogP contribution in [0.25, 0.3) is 0 Å². The number of aliphatic hydroxyl groups is 1. The number of epoxide rings is 1. The van der Waals surface area contributed by atoms with Crippen LogP contribution in [-0.2, 0) is 21.0 Å². The van der Waals surface area contributed by atoms with Gasteiger partial charge in [0.2, 0.25) is 0 Å². The van der Waals surface area contributed by atoms with Gasteiger partial charge in [0.15, 0.2) is 18.0 Å². The minimum absolute atomic E-state index is 0.112. The number of hydrogen-bond donors (Lipinski definition) is 2. The number of aromatic hydroxyl groups is 1. The highest BCUT2D eigenvalue weighted by atomic mass is 16.8. The van der Waals surface area contributed by atoms with Crippen LogP contribution in [0.5, 0.6) is 17.2 Å². The molecule has 2 aromatic carbocycles. The Hall–Kier alpha value is -2.87. The van der Waals surface area contributed by atoms with Gasteiger partial charge in [0.1, 0.15) is 17.2 Å². The topological polar surface area (TPSA) is 97.8 Å². The van der Waals surface area contributed by atoms with E-state index in [-0.39, 0.29) is 17.1 Å². The largest absolute Gasteiger partial charge is 0.507 e. The number of ether oxygens (including phenoxy) is 4. The first kappa shape index (κ1) is 14.2. The quantitative estimate of drug-likeness (QED) is 0.543. The molecule has 5 atom stereocenters. The maximum atomic E-state index is 12.7. The second-order valence-corrected chi connectivity index (χ2v) is 7.34. The summed E-state index contributed by atoms with van der Waals surface area (Å²) in [5, 5.41) is 20.7. The number of ketones is 1. The molecule has 5 aliphatic rings. The molecule has 2 aliphatic carbocycles. The van der Waals surface area contributed by atoms with Crippen molar-refractivity contribution in [3.8, 4) is 17.2 Å². The van der Waals surface area contributed by atoms with Crippen LogP contribution in [-0.4, -0.2) is 28.2 Å². The molecule has 5 unspecified atom stereocenters. The van der Waals surface area contributed by atoms with Gasteiger partial charge in [-0.15, -0.1) is 0 Å². The molecule has 2 N–H and O–H groups in total. The highest BCUT2D eigenvalue weighted by Crippen LogP contribution is 2.64. The van der Waals surface area contributed by atoms with Gasteiger partial charge >= 0.3 is 0 Å². The second kappa shape index (κ2) is 4.01. The summed E-state index contributed by atoms with van der Waals surface area (Å²) in [5.41, 5.74) is 1.69. The number of fused-ring (bicyclic) bond motifs is 1. The molecule has 7 rings (SSSR count). The molecule has 2 spiro atoms. The van der Waals surface area contributed by atoms with Crippen molar-refractivity contribution in [1.29, 1.82) is 0 Å². The van der Waals surface area contributed by atoms with Crippen molar-refractivity contribution < 1.29 is 34.0 Å². The first-order valence-electron chi connectivity index (χ1n) is 8.69. The van der Waals surface area contributed by atoms with E-state index >= 15 is 0 Å². The summed E-state index contributed by atoms with van der Waals surface area (Å²) in [5.74, 6) is -2.29. The molecule has 7 nitrogen and oxygen atoms in total. The van der Waals surface area contributed by atoms with E-state index in [1.165, 1.54) is 6.07 Å². The number of phenols is 1. The Bertz CT molecular complexity index is 1120. The zero-order valence-corrected chi connectivity index (χ0v) is 13.7. The fourth-order valence-corrected chi connectivity index (χ4v) is 4.78. The van der Waals surface area contributed by atoms with Gasteiger partial charge in [-0.3, -0.25) is 9.53 Å². The fourth-order valence-electron chi connectivity index (χ4n) is 4.78. The molecular formula is C20H12O7. The normalized spacial score (nSPS) is 38.1. The molecule has 0 radical (unpaired) electrons. The summed E-state index contributed by atoms with van der Waals surface area (Å²) < 4.78 is 24.6. The maximum absolute atomic E-state index is 12.7. The summed E-state index contributed by atoms with van der Waals surface area (Å²) in [6.45, 7) is 0. The minimum atomic E-state index is -1.40. The average molecular weight is 364 g/mol. The van der Waals surface area contributed by atoms with Gasteiger partial charge in [-0.1, -0.05) is 12.1 Å². The molecule has 7 heteroatoms. The highest BCUT2D eigenvalue weighted by molar-refractivity contribution is 6.07. The Balaban J connectivity index is 1.60. The van der Waals surface area contributed by atoms with Crippen LogP contribution in [0, 0.1) is 0 Å². The van der Waals surface area contributed by atoms with Crippen molar-refractivity contribution in [3.63, 3.8) is 0 Å². The number of carbonyl (C=O) groups excluding carboxylic acids is 1. The third-order valence-corrected chi connectivity index (χ3v) is 5.91. The van der Waals surface area contributed by atoms with E-state index in [0.29, 0.717) is 28.2 Å². The highest BCUT2D eigenvalue weighted by Gasteiger charge is 2.74. The van der Waals surface area contributed by atoms with Crippen molar-refractivity contribution in [2.75, 3.05) is 0 Å². The van der Waals surface area contributed by atoms with E-state index in [4.69, 9.17) is 18.9 Å². The molecule has 3 heterocycles. The summed E-state index contributed by atoms with van der Waals surface area (Å²) in [4.78, 5) is 12.7. The van der Waals surface area contributed by atoms with E-state index in [9.17, 15) is 15.0 Å². The van der Waals surface area contributed by atoms with Gasteiger partial charge in [0, 0.05) is 0 Å². The second-order valence-electron chi connectivity index (χ2n) is 7.34. The van der Waals surface area contributed by atoms with E-state index in [2.05, 4.69) is 0 Å². The Morgan fingerprint density at radius 3 is 2.78 bits per heavy atom. The molecule has 1 fully saturated rings. The Labute approximate surface area is 152 Å². The number of Topliss-reactive ketones (excluding diaryl/α,β-unsaturated/α-hetero) is 1. The smallest absolute Gasteiger partial charge is 0.275 e. The lowest BCUT2D eigenvalue weighted by Crippen LogP contribution is -2.60. The lowest BCUT2D eigenvalue weighted by Gasteiger charge is -2.53. The predicted molar refractivity (Wildman–Crippen MR) is 87.3 cm³/mol. The average Bonchev–Trinajstić information content (AvgIpc) is 3.46. The molecule has 0 aromatic heterocycles. The Kier molecular flexibility index (Phi) is 2.11. The summed E-state index contributed by atoms with van der Waals surface area (Å²) in [7, 11) is 0.